The molecule has 0 aliphatic carbocycles. The Morgan fingerprint density at radius 1 is 1.22 bits per heavy atom. The van der Waals surface area contributed by atoms with Crippen LogP contribution in [0.15, 0.2) is 46.9 Å². The van der Waals surface area contributed by atoms with E-state index < -0.39 is 5.97 Å². The Morgan fingerprint density at radius 3 is 2.61 bits per heavy atom. The fraction of sp³-hybridized carbons (Fsp3) is 0.158. The molecule has 0 spiro atoms. The quantitative estimate of drug-likeness (QED) is 0.531. The van der Waals surface area contributed by atoms with Crippen LogP contribution in [0.2, 0.25) is 0 Å². The first-order valence-electron chi connectivity index (χ1n) is 7.36. The molecular formula is C19H15NO3. The number of rotatable bonds is 3. The lowest BCUT2D eigenvalue weighted by Gasteiger charge is -2.02. The van der Waals surface area contributed by atoms with Crippen molar-refractivity contribution in [2.75, 3.05) is 0 Å². The minimum Gasteiger partial charge on any atom is -0.449 e. The number of nitrogens with zero attached hydrogens (tertiary/aromatic N) is 1. The summed E-state index contributed by atoms with van der Waals surface area (Å²) in [6.07, 6.45) is 0.922. The van der Waals surface area contributed by atoms with Gasteiger partial charge in [-0.3, -0.25) is 0 Å². The van der Waals surface area contributed by atoms with Gasteiger partial charge in [-0.25, -0.2) is 4.79 Å². The smallest absolute Gasteiger partial charge is 0.379 e. The molecule has 0 radical (unpaired) electrons. The second kappa shape index (κ2) is 5.98. The molecule has 1 aromatic heterocycles. The van der Waals surface area contributed by atoms with Gasteiger partial charge in [-0.2, -0.15) is 5.26 Å². The van der Waals surface area contributed by atoms with Gasteiger partial charge in [0.2, 0.25) is 5.76 Å². The minimum atomic E-state index is -0.540. The van der Waals surface area contributed by atoms with Crippen molar-refractivity contribution >= 4 is 16.9 Å². The lowest BCUT2D eigenvalue weighted by molar-refractivity contribution is 0.0703. The molecular weight excluding hydrogens is 290 g/mol. The van der Waals surface area contributed by atoms with Crippen LogP contribution in [-0.4, -0.2) is 5.97 Å². The second-order valence-corrected chi connectivity index (χ2v) is 5.27. The summed E-state index contributed by atoms with van der Waals surface area (Å²) in [7, 11) is 0. The van der Waals surface area contributed by atoms with Crippen LogP contribution in [0.1, 0.15) is 34.2 Å². The molecule has 114 valence electrons. The van der Waals surface area contributed by atoms with E-state index in [4.69, 9.17) is 14.4 Å². The van der Waals surface area contributed by atoms with Gasteiger partial charge >= 0.3 is 5.97 Å². The van der Waals surface area contributed by atoms with E-state index in [0.29, 0.717) is 16.9 Å². The average Bonchev–Trinajstić information content (AvgIpc) is 2.92. The molecule has 0 aliphatic rings. The highest BCUT2D eigenvalue weighted by atomic mass is 16.5. The van der Waals surface area contributed by atoms with Gasteiger partial charge in [0.25, 0.3) is 0 Å². The highest BCUT2D eigenvalue weighted by Gasteiger charge is 2.19. The molecule has 3 rings (SSSR count). The third-order valence-electron chi connectivity index (χ3n) is 3.79. The van der Waals surface area contributed by atoms with E-state index in [-0.39, 0.29) is 5.76 Å². The van der Waals surface area contributed by atoms with Crippen molar-refractivity contribution in [3.63, 3.8) is 0 Å². The van der Waals surface area contributed by atoms with E-state index in [1.54, 1.807) is 24.3 Å². The van der Waals surface area contributed by atoms with Gasteiger partial charge in [0.15, 0.2) is 0 Å². The predicted octanol–water partition coefficient (Wildman–Crippen LogP) is 4.39. The van der Waals surface area contributed by atoms with Crippen LogP contribution >= 0.6 is 0 Å². The molecule has 0 bridgehead atoms. The number of esters is 1. The largest absolute Gasteiger partial charge is 0.449 e. The lowest BCUT2D eigenvalue weighted by Crippen LogP contribution is -2.08. The normalized spacial score (nSPS) is 10.5. The van der Waals surface area contributed by atoms with E-state index in [0.717, 1.165) is 17.4 Å². The Kier molecular flexibility index (Phi) is 3.86. The summed E-state index contributed by atoms with van der Waals surface area (Å²) in [6, 6.07) is 14.3. The second-order valence-electron chi connectivity index (χ2n) is 5.27. The van der Waals surface area contributed by atoms with Crippen molar-refractivity contribution in [3.05, 3.63) is 64.9 Å². The maximum Gasteiger partial charge on any atom is 0.379 e. The van der Waals surface area contributed by atoms with Gasteiger partial charge in [-0.15, -0.1) is 0 Å². The molecule has 0 N–H and O–H groups in total. The number of carbonyl (C=O) groups is 1. The third-order valence-corrected chi connectivity index (χ3v) is 3.79. The number of furan rings is 1. The van der Waals surface area contributed by atoms with Crippen LogP contribution in [0.4, 0.5) is 0 Å². The van der Waals surface area contributed by atoms with E-state index >= 15 is 0 Å². The first-order chi connectivity index (χ1) is 11.1. The fourth-order valence-corrected chi connectivity index (χ4v) is 2.43. The highest BCUT2D eigenvalue weighted by Crippen LogP contribution is 2.27. The Hall–Kier alpha value is -3.06. The highest BCUT2D eigenvalue weighted by molar-refractivity contribution is 5.97. The Bertz CT molecular complexity index is 914. The Balaban J connectivity index is 1.91. The molecule has 4 nitrogen and oxygen atoms in total. The van der Waals surface area contributed by atoms with Crippen molar-refractivity contribution in [1.82, 2.24) is 0 Å². The zero-order valence-corrected chi connectivity index (χ0v) is 12.9. The maximum absolute atomic E-state index is 12.3. The molecule has 0 saturated carbocycles. The van der Waals surface area contributed by atoms with Gasteiger partial charge in [-0.1, -0.05) is 13.0 Å². The Morgan fingerprint density at radius 2 is 1.96 bits per heavy atom. The first kappa shape index (κ1) is 14.9. The molecule has 0 fully saturated rings. The molecule has 4 heteroatoms. The summed E-state index contributed by atoms with van der Waals surface area (Å²) in [6.45, 7) is 3.93. The number of fused-ring (bicyclic) bond motifs is 1. The number of aryl methyl sites for hydroxylation is 2. The molecule has 2 aromatic carbocycles. The number of carbonyl (C=O) groups excluding carboxylic acids is 1. The van der Waals surface area contributed by atoms with Crippen LogP contribution in [-0.2, 0) is 6.42 Å². The van der Waals surface area contributed by atoms with Gasteiger partial charge in [0, 0.05) is 10.9 Å². The van der Waals surface area contributed by atoms with E-state index in [1.165, 1.54) is 5.56 Å². The Labute approximate surface area is 133 Å². The molecule has 1 heterocycles. The minimum absolute atomic E-state index is 0.206. The molecule has 0 saturated heterocycles. The molecule has 3 aromatic rings. The maximum atomic E-state index is 12.3. The van der Waals surface area contributed by atoms with Crippen molar-refractivity contribution in [2.24, 2.45) is 0 Å². The van der Waals surface area contributed by atoms with Crippen LogP contribution in [0.3, 0.4) is 0 Å². The summed E-state index contributed by atoms with van der Waals surface area (Å²) in [5.74, 6) is 0.0437. The zero-order chi connectivity index (χ0) is 16.4. The predicted molar refractivity (Wildman–Crippen MR) is 86.4 cm³/mol. The SMILES string of the molecule is CCc1ccc2oc(C(=O)Oc3ccc(C#N)cc3)c(C)c2c1. The molecule has 0 unspecified atom stereocenters. The number of hydrogen-bond donors (Lipinski definition) is 0. The molecule has 23 heavy (non-hydrogen) atoms. The monoisotopic (exact) mass is 305 g/mol. The van der Waals surface area contributed by atoms with Crippen molar-refractivity contribution in [3.8, 4) is 11.8 Å². The molecule has 0 amide bonds. The summed E-state index contributed by atoms with van der Waals surface area (Å²) >= 11 is 0. The van der Waals surface area contributed by atoms with Gasteiger partial charge in [0.05, 0.1) is 11.6 Å². The van der Waals surface area contributed by atoms with E-state index in [1.807, 2.05) is 31.2 Å². The number of hydrogen-bond acceptors (Lipinski definition) is 4. The zero-order valence-electron chi connectivity index (χ0n) is 12.9. The van der Waals surface area contributed by atoms with Gasteiger partial charge < -0.3 is 9.15 Å². The molecule has 0 aliphatic heterocycles. The van der Waals surface area contributed by atoms with Crippen LogP contribution in [0, 0.1) is 18.3 Å². The summed E-state index contributed by atoms with van der Waals surface area (Å²) in [4.78, 5) is 12.3. The number of benzene rings is 2. The van der Waals surface area contributed by atoms with Crippen LogP contribution < -0.4 is 4.74 Å². The standard InChI is InChI=1S/C19H15NO3/c1-3-13-6-9-17-16(10-13)12(2)18(23-17)19(21)22-15-7-4-14(11-20)5-8-15/h4-10H,3H2,1-2H3. The van der Waals surface area contributed by atoms with Gasteiger partial charge in [0.1, 0.15) is 11.3 Å². The van der Waals surface area contributed by atoms with Crippen LogP contribution in [0.5, 0.6) is 5.75 Å². The van der Waals surface area contributed by atoms with E-state index in [9.17, 15) is 4.79 Å². The topological polar surface area (TPSA) is 63.2 Å². The van der Waals surface area contributed by atoms with Crippen LogP contribution in [0.25, 0.3) is 11.0 Å². The van der Waals surface area contributed by atoms with Crippen molar-refractivity contribution in [1.29, 1.82) is 5.26 Å². The summed E-state index contributed by atoms with van der Waals surface area (Å²) < 4.78 is 11.0. The summed E-state index contributed by atoms with van der Waals surface area (Å²) in [5, 5.41) is 9.70. The number of nitriles is 1. The lowest BCUT2D eigenvalue weighted by atomic mass is 10.1. The molecule has 0 atom stereocenters. The van der Waals surface area contributed by atoms with Crippen molar-refractivity contribution in [2.45, 2.75) is 20.3 Å². The first-order valence-corrected chi connectivity index (χ1v) is 7.36. The average molecular weight is 305 g/mol. The summed E-state index contributed by atoms with van der Waals surface area (Å²) in [5.41, 5.74) is 3.14. The van der Waals surface area contributed by atoms with Crippen molar-refractivity contribution < 1.29 is 13.9 Å². The number of ether oxygens (including phenoxy) is 1. The van der Waals surface area contributed by atoms with Gasteiger partial charge in [-0.05, 0) is 55.3 Å². The third kappa shape index (κ3) is 2.82. The fourth-order valence-electron chi connectivity index (χ4n) is 2.43. The van der Waals surface area contributed by atoms with E-state index in [2.05, 4.69) is 6.92 Å².